The molecule has 0 saturated carbocycles. The number of aromatic nitrogens is 5. The molecule has 6 heteroatoms. The van der Waals surface area contributed by atoms with Crippen molar-refractivity contribution in [3.05, 3.63) is 65.8 Å². The van der Waals surface area contributed by atoms with Crippen LogP contribution in [0.4, 0.5) is 0 Å². The molecule has 5 nitrogen and oxygen atoms in total. The number of nitrogens with zero attached hydrogens (tertiary/aromatic N) is 5. The van der Waals surface area contributed by atoms with E-state index in [9.17, 15) is 0 Å². The first-order valence-electron chi connectivity index (χ1n) is 8.34. The Hall–Kier alpha value is -2.66. The highest BCUT2D eigenvalue weighted by Gasteiger charge is 2.15. The molecule has 3 aromatic heterocycles. The molecule has 25 heavy (non-hydrogen) atoms. The number of hydrogen-bond acceptors (Lipinski definition) is 3. The van der Waals surface area contributed by atoms with E-state index in [4.69, 9.17) is 16.6 Å². The summed E-state index contributed by atoms with van der Waals surface area (Å²) >= 11 is 6.35. The molecule has 126 valence electrons. The summed E-state index contributed by atoms with van der Waals surface area (Å²) in [5, 5.41) is 0.693. The molecule has 0 spiro atoms. The van der Waals surface area contributed by atoms with Gasteiger partial charge in [-0.15, -0.1) is 0 Å². The highest BCUT2D eigenvalue weighted by Crippen LogP contribution is 2.27. The lowest BCUT2D eigenvalue weighted by molar-refractivity contribution is 0.623. The van der Waals surface area contributed by atoms with Gasteiger partial charge in [0.2, 0.25) is 0 Å². The normalized spacial score (nSPS) is 11.3. The Kier molecular flexibility index (Phi) is 4.24. The highest BCUT2D eigenvalue weighted by atomic mass is 35.5. The van der Waals surface area contributed by atoms with Crippen molar-refractivity contribution in [2.45, 2.75) is 26.4 Å². The minimum Gasteiger partial charge on any atom is -0.323 e. The second kappa shape index (κ2) is 6.69. The van der Waals surface area contributed by atoms with E-state index in [0.29, 0.717) is 11.6 Å². The third-order valence-corrected chi connectivity index (χ3v) is 4.50. The van der Waals surface area contributed by atoms with Gasteiger partial charge in [0.15, 0.2) is 5.65 Å². The zero-order chi connectivity index (χ0) is 17.2. The number of fused-ring (bicyclic) bond motifs is 1. The van der Waals surface area contributed by atoms with Crippen LogP contribution >= 0.6 is 11.6 Å². The van der Waals surface area contributed by atoms with Crippen LogP contribution in [0.3, 0.4) is 0 Å². The number of rotatable bonds is 5. The van der Waals surface area contributed by atoms with Crippen molar-refractivity contribution in [2.24, 2.45) is 0 Å². The van der Waals surface area contributed by atoms with Crippen LogP contribution in [0.1, 0.15) is 19.2 Å². The van der Waals surface area contributed by atoms with Gasteiger partial charge in [0.1, 0.15) is 17.2 Å². The van der Waals surface area contributed by atoms with Crippen LogP contribution < -0.4 is 0 Å². The van der Waals surface area contributed by atoms with Gasteiger partial charge in [-0.1, -0.05) is 30.7 Å². The Balaban J connectivity index is 1.77. The van der Waals surface area contributed by atoms with E-state index in [2.05, 4.69) is 26.0 Å². The SMILES string of the molecule is CCCn1c(Cn2ccnc2-c2ccccc2Cl)nc2cccnc21. The van der Waals surface area contributed by atoms with E-state index in [1.165, 1.54) is 0 Å². The summed E-state index contributed by atoms with van der Waals surface area (Å²) in [5.41, 5.74) is 2.77. The third kappa shape index (κ3) is 2.91. The molecule has 0 unspecified atom stereocenters. The van der Waals surface area contributed by atoms with E-state index in [1.54, 1.807) is 6.20 Å². The first-order valence-corrected chi connectivity index (χ1v) is 8.72. The number of pyridine rings is 1. The monoisotopic (exact) mass is 351 g/mol. The summed E-state index contributed by atoms with van der Waals surface area (Å²) in [6.07, 6.45) is 6.59. The molecule has 0 bridgehead atoms. The van der Waals surface area contributed by atoms with Crippen molar-refractivity contribution in [1.29, 1.82) is 0 Å². The smallest absolute Gasteiger partial charge is 0.160 e. The van der Waals surface area contributed by atoms with E-state index in [0.717, 1.165) is 41.3 Å². The standard InChI is InChI=1S/C19H18ClN5/c1-2-11-25-17(23-16-8-5-9-21-19(16)25)13-24-12-10-22-18(24)14-6-3-4-7-15(14)20/h3-10,12H,2,11,13H2,1H3. The molecule has 0 saturated heterocycles. The van der Waals surface area contributed by atoms with Crippen LogP contribution in [0, 0.1) is 0 Å². The van der Waals surface area contributed by atoms with Crippen molar-refractivity contribution >= 4 is 22.8 Å². The van der Waals surface area contributed by atoms with Crippen molar-refractivity contribution < 1.29 is 0 Å². The topological polar surface area (TPSA) is 48.5 Å². The van der Waals surface area contributed by atoms with Crippen LogP contribution in [0.2, 0.25) is 5.02 Å². The lowest BCUT2D eigenvalue weighted by Crippen LogP contribution is -2.10. The van der Waals surface area contributed by atoms with Crippen LogP contribution in [-0.2, 0) is 13.1 Å². The Labute approximate surface area is 150 Å². The first kappa shape index (κ1) is 15.8. The summed E-state index contributed by atoms with van der Waals surface area (Å²) in [7, 11) is 0. The number of aryl methyl sites for hydroxylation is 1. The third-order valence-electron chi connectivity index (χ3n) is 4.17. The van der Waals surface area contributed by atoms with E-state index in [-0.39, 0.29) is 0 Å². The fourth-order valence-corrected chi connectivity index (χ4v) is 3.28. The molecule has 0 amide bonds. The number of imidazole rings is 2. The molecule has 0 fully saturated rings. The van der Waals surface area contributed by atoms with E-state index in [1.807, 2.05) is 48.8 Å². The van der Waals surface area contributed by atoms with Gasteiger partial charge in [0, 0.05) is 30.7 Å². The summed E-state index contributed by atoms with van der Waals surface area (Å²) in [5.74, 6) is 1.82. The Bertz CT molecular complexity index is 1020. The summed E-state index contributed by atoms with van der Waals surface area (Å²) in [4.78, 5) is 13.8. The van der Waals surface area contributed by atoms with Crippen LogP contribution in [0.15, 0.2) is 55.0 Å². The Morgan fingerprint density at radius 1 is 1.04 bits per heavy atom. The maximum Gasteiger partial charge on any atom is 0.160 e. The predicted molar refractivity (Wildman–Crippen MR) is 99.6 cm³/mol. The van der Waals surface area contributed by atoms with Crippen molar-refractivity contribution in [1.82, 2.24) is 24.1 Å². The van der Waals surface area contributed by atoms with E-state index < -0.39 is 0 Å². The van der Waals surface area contributed by atoms with Gasteiger partial charge in [0.25, 0.3) is 0 Å². The Morgan fingerprint density at radius 2 is 1.92 bits per heavy atom. The molecule has 0 aliphatic heterocycles. The van der Waals surface area contributed by atoms with Crippen molar-refractivity contribution in [3.63, 3.8) is 0 Å². The predicted octanol–water partition coefficient (Wildman–Crippen LogP) is 4.41. The minimum absolute atomic E-state index is 0.622. The van der Waals surface area contributed by atoms with Gasteiger partial charge in [-0.05, 0) is 30.7 Å². The summed E-state index contributed by atoms with van der Waals surface area (Å²) in [6, 6.07) is 11.7. The molecular formula is C19H18ClN5. The molecule has 0 radical (unpaired) electrons. The largest absolute Gasteiger partial charge is 0.323 e. The van der Waals surface area contributed by atoms with E-state index >= 15 is 0 Å². The highest BCUT2D eigenvalue weighted by molar-refractivity contribution is 6.33. The van der Waals surface area contributed by atoms with Crippen LogP contribution in [-0.4, -0.2) is 24.1 Å². The van der Waals surface area contributed by atoms with Gasteiger partial charge in [-0.25, -0.2) is 15.0 Å². The molecule has 0 aliphatic rings. The van der Waals surface area contributed by atoms with Gasteiger partial charge in [-0.2, -0.15) is 0 Å². The second-order valence-corrected chi connectivity index (χ2v) is 6.29. The van der Waals surface area contributed by atoms with Gasteiger partial charge < -0.3 is 9.13 Å². The first-order chi connectivity index (χ1) is 12.3. The number of hydrogen-bond donors (Lipinski definition) is 0. The zero-order valence-electron chi connectivity index (χ0n) is 13.9. The molecule has 4 rings (SSSR count). The molecule has 1 aromatic carbocycles. The average molecular weight is 352 g/mol. The van der Waals surface area contributed by atoms with Crippen LogP contribution in [0.5, 0.6) is 0 Å². The number of halogens is 1. The lowest BCUT2D eigenvalue weighted by Gasteiger charge is -2.11. The second-order valence-electron chi connectivity index (χ2n) is 5.88. The van der Waals surface area contributed by atoms with Crippen LogP contribution in [0.25, 0.3) is 22.6 Å². The average Bonchev–Trinajstić information content (AvgIpc) is 3.21. The molecule has 0 atom stereocenters. The summed E-state index contributed by atoms with van der Waals surface area (Å²) in [6.45, 7) is 3.67. The van der Waals surface area contributed by atoms with Gasteiger partial charge in [0.05, 0.1) is 11.6 Å². The molecular weight excluding hydrogens is 334 g/mol. The van der Waals surface area contributed by atoms with Crippen molar-refractivity contribution in [3.8, 4) is 11.4 Å². The molecule has 0 aliphatic carbocycles. The summed E-state index contributed by atoms with van der Waals surface area (Å²) < 4.78 is 4.26. The fourth-order valence-electron chi connectivity index (χ4n) is 3.06. The van der Waals surface area contributed by atoms with Gasteiger partial charge >= 0.3 is 0 Å². The Morgan fingerprint density at radius 3 is 2.76 bits per heavy atom. The lowest BCUT2D eigenvalue weighted by atomic mass is 10.2. The maximum absolute atomic E-state index is 6.35. The maximum atomic E-state index is 6.35. The molecule has 0 N–H and O–H groups in total. The quantitative estimate of drug-likeness (QED) is 0.535. The molecule has 4 aromatic rings. The minimum atomic E-state index is 0.622. The molecule has 3 heterocycles. The number of benzene rings is 1. The van der Waals surface area contributed by atoms with Gasteiger partial charge in [-0.3, -0.25) is 0 Å². The zero-order valence-corrected chi connectivity index (χ0v) is 14.7. The van der Waals surface area contributed by atoms with Crippen molar-refractivity contribution in [2.75, 3.05) is 0 Å². The fraction of sp³-hybridized carbons (Fsp3) is 0.211.